The Kier molecular flexibility index (Phi) is 4.45. The van der Waals surface area contributed by atoms with Crippen LogP contribution in [0.1, 0.15) is 51.4 Å². The molecule has 1 saturated carbocycles. The Hall–Kier alpha value is -0.0800. The second kappa shape index (κ2) is 5.86. The lowest BCUT2D eigenvalue weighted by Gasteiger charge is -2.29. The van der Waals surface area contributed by atoms with Gasteiger partial charge >= 0.3 is 0 Å². The van der Waals surface area contributed by atoms with E-state index >= 15 is 0 Å². The number of likely N-dealkylation sites (N-methyl/N-ethyl adjacent to an activating group) is 1. The smallest absolute Gasteiger partial charge is 0.0204 e. The van der Waals surface area contributed by atoms with Gasteiger partial charge in [-0.3, -0.25) is 4.90 Å². The van der Waals surface area contributed by atoms with E-state index in [0.717, 1.165) is 12.1 Å². The van der Waals surface area contributed by atoms with E-state index in [9.17, 15) is 0 Å². The molecule has 1 N–H and O–H groups in total. The zero-order valence-corrected chi connectivity index (χ0v) is 10.2. The second-order valence-electron chi connectivity index (χ2n) is 5.27. The van der Waals surface area contributed by atoms with Crippen molar-refractivity contribution in [1.82, 2.24) is 10.2 Å². The fourth-order valence-corrected chi connectivity index (χ4v) is 3.15. The predicted molar refractivity (Wildman–Crippen MR) is 65.1 cm³/mol. The van der Waals surface area contributed by atoms with Gasteiger partial charge in [0, 0.05) is 25.2 Å². The summed E-state index contributed by atoms with van der Waals surface area (Å²) in [7, 11) is 2.10. The van der Waals surface area contributed by atoms with Crippen molar-refractivity contribution in [1.29, 1.82) is 0 Å². The molecular formula is C13H26N2. The molecule has 0 amide bonds. The first kappa shape index (κ1) is 11.4. The maximum absolute atomic E-state index is 3.42. The van der Waals surface area contributed by atoms with Gasteiger partial charge in [0.2, 0.25) is 0 Å². The minimum atomic E-state index is 0.760. The van der Waals surface area contributed by atoms with Gasteiger partial charge in [-0.25, -0.2) is 0 Å². The molecule has 0 aromatic heterocycles. The number of hydrogen-bond donors (Lipinski definition) is 1. The van der Waals surface area contributed by atoms with E-state index in [4.69, 9.17) is 0 Å². The molecule has 0 aromatic carbocycles. The summed E-state index contributed by atoms with van der Waals surface area (Å²) in [6, 6.07) is 1.67. The molecule has 2 aliphatic rings. The highest BCUT2D eigenvalue weighted by atomic mass is 15.2. The van der Waals surface area contributed by atoms with Crippen molar-refractivity contribution < 1.29 is 0 Å². The average Bonchev–Trinajstić information content (AvgIpc) is 2.65. The summed E-state index contributed by atoms with van der Waals surface area (Å²) < 4.78 is 0. The van der Waals surface area contributed by atoms with Crippen LogP contribution in [0.25, 0.3) is 0 Å². The summed E-state index contributed by atoms with van der Waals surface area (Å²) in [4.78, 5) is 2.74. The van der Waals surface area contributed by atoms with Crippen molar-refractivity contribution >= 4 is 0 Å². The van der Waals surface area contributed by atoms with Crippen LogP contribution in [0.5, 0.6) is 0 Å². The van der Waals surface area contributed by atoms with E-state index in [-0.39, 0.29) is 0 Å². The van der Waals surface area contributed by atoms with Crippen molar-refractivity contribution in [2.45, 2.75) is 63.5 Å². The van der Waals surface area contributed by atoms with Crippen LogP contribution < -0.4 is 5.32 Å². The van der Waals surface area contributed by atoms with Crippen molar-refractivity contribution in [2.75, 3.05) is 20.1 Å². The molecule has 1 aliphatic heterocycles. The van der Waals surface area contributed by atoms with Crippen molar-refractivity contribution in [3.8, 4) is 0 Å². The maximum Gasteiger partial charge on any atom is 0.0204 e. The Morgan fingerprint density at radius 1 is 0.933 bits per heavy atom. The molecule has 15 heavy (non-hydrogen) atoms. The Labute approximate surface area is 94.4 Å². The van der Waals surface area contributed by atoms with Crippen LogP contribution in [0.15, 0.2) is 0 Å². The monoisotopic (exact) mass is 210 g/mol. The van der Waals surface area contributed by atoms with Gasteiger partial charge in [-0.1, -0.05) is 32.1 Å². The molecule has 0 radical (unpaired) electrons. The van der Waals surface area contributed by atoms with E-state index in [2.05, 4.69) is 17.3 Å². The van der Waals surface area contributed by atoms with Crippen LogP contribution >= 0.6 is 0 Å². The summed E-state index contributed by atoms with van der Waals surface area (Å²) >= 11 is 0. The highest BCUT2D eigenvalue weighted by Gasteiger charge is 2.26. The van der Waals surface area contributed by atoms with Crippen LogP contribution in [-0.2, 0) is 0 Å². The van der Waals surface area contributed by atoms with Gasteiger partial charge in [-0.05, 0) is 26.3 Å². The molecule has 1 heterocycles. The first-order chi connectivity index (χ1) is 7.40. The fraction of sp³-hybridized carbons (Fsp3) is 1.00. The Balaban J connectivity index is 1.80. The molecule has 0 spiro atoms. The van der Waals surface area contributed by atoms with Gasteiger partial charge in [-0.15, -0.1) is 0 Å². The molecule has 1 unspecified atom stereocenters. The average molecular weight is 210 g/mol. The third-order valence-electron chi connectivity index (χ3n) is 4.22. The number of nitrogens with one attached hydrogen (secondary N) is 1. The van der Waals surface area contributed by atoms with Crippen molar-refractivity contribution in [3.63, 3.8) is 0 Å². The van der Waals surface area contributed by atoms with Gasteiger partial charge in [0.1, 0.15) is 0 Å². The van der Waals surface area contributed by atoms with Gasteiger partial charge in [0.15, 0.2) is 0 Å². The summed E-state index contributed by atoms with van der Waals surface area (Å²) in [6.07, 6.45) is 11.6. The van der Waals surface area contributed by atoms with Crippen LogP contribution in [0.4, 0.5) is 0 Å². The highest BCUT2D eigenvalue weighted by molar-refractivity contribution is 4.85. The van der Waals surface area contributed by atoms with Gasteiger partial charge < -0.3 is 5.32 Å². The molecule has 2 rings (SSSR count). The molecule has 1 atom stereocenters. The molecule has 2 nitrogen and oxygen atoms in total. The summed E-state index contributed by atoms with van der Waals surface area (Å²) in [5.74, 6) is 0. The van der Waals surface area contributed by atoms with E-state index in [0.29, 0.717) is 0 Å². The number of rotatable bonds is 2. The van der Waals surface area contributed by atoms with E-state index in [1.54, 1.807) is 0 Å². The topological polar surface area (TPSA) is 15.3 Å². The highest BCUT2D eigenvalue weighted by Crippen LogP contribution is 2.24. The molecular weight excluding hydrogens is 184 g/mol. The summed E-state index contributed by atoms with van der Waals surface area (Å²) in [6.45, 7) is 2.62. The lowest BCUT2D eigenvalue weighted by molar-refractivity contribution is 0.199. The lowest BCUT2D eigenvalue weighted by atomic mass is 9.96. The van der Waals surface area contributed by atoms with Crippen molar-refractivity contribution in [2.24, 2.45) is 0 Å². The quantitative estimate of drug-likeness (QED) is 0.753. The SMILES string of the molecule is CNC1CCN(C2CCCCCCC2)C1. The van der Waals surface area contributed by atoms with Crippen LogP contribution in [-0.4, -0.2) is 37.1 Å². The first-order valence-corrected chi connectivity index (χ1v) is 6.81. The third-order valence-corrected chi connectivity index (χ3v) is 4.22. The molecule has 0 bridgehead atoms. The standard InChI is InChI=1S/C13H26N2/c1-14-12-9-10-15(11-12)13-7-5-3-2-4-6-8-13/h12-14H,2-11H2,1H3. The van der Waals surface area contributed by atoms with Gasteiger partial charge in [-0.2, -0.15) is 0 Å². The van der Waals surface area contributed by atoms with Crippen LogP contribution in [0.3, 0.4) is 0 Å². The van der Waals surface area contributed by atoms with Crippen LogP contribution in [0.2, 0.25) is 0 Å². The molecule has 1 aliphatic carbocycles. The maximum atomic E-state index is 3.42. The van der Waals surface area contributed by atoms with E-state index < -0.39 is 0 Å². The van der Waals surface area contributed by atoms with E-state index in [1.807, 2.05) is 0 Å². The predicted octanol–water partition coefficient (Wildman–Crippen LogP) is 2.39. The Bertz CT molecular complexity index is 173. The summed E-state index contributed by atoms with van der Waals surface area (Å²) in [5.41, 5.74) is 0. The second-order valence-corrected chi connectivity index (χ2v) is 5.27. The minimum absolute atomic E-state index is 0.760. The largest absolute Gasteiger partial charge is 0.316 e. The third kappa shape index (κ3) is 3.18. The minimum Gasteiger partial charge on any atom is -0.316 e. The molecule has 2 heteroatoms. The Morgan fingerprint density at radius 3 is 2.20 bits per heavy atom. The van der Waals surface area contributed by atoms with Gasteiger partial charge in [0.25, 0.3) is 0 Å². The fourth-order valence-electron chi connectivity index (χ4n) is 3.15. The molecule has 1 saturated heterocycles. The molecule has 2 fully saturated rings. The van der Waals surface area contributed by atoms with E-state index in [1.165, 1.54) is 64.5 Å². The molecule has 88 valence electrons. The number of likely N-dealkylation sites (tertiary alicyclic amines) is 1. The summed E-state index contributed by atoms with van der Waals surface area (Å²) in [5, 5.41) is 3.42. The zero-order chi connectivity index (χ0) is 10.5. The molecule has 0 aromatic rings. The van der Waals surface area contributed by atoms with Gasteiger partial charge in [0.05, 0.1) is 0 Å². The van der Waals surface area contributed by atoms with Crippen LogP contribution in [0, 0.1) is 0 Å². The first-order valence-electron chi connectivity index (χ1n) is 6.81. The Morgan fingerprint density at radius 2 is 1.60 bits per heavy atom. The number of hydrogen-bond acceptors (Lipinski definition) is 2. The normalized spacial score (nSPS) is 31.4. The zero-order valence-electron chi connectivity index (χ0n) is 10.2. The number of nitrogens with zero attached hydrogens (tertiary/aromatic N) is 1. The van der Waals surface area contributed by atoms with Crippen molar-refractivity contribution in [3.05, 3.63) is 0 Å². The lowest BCUT2D eigenvalue weighted by Crippen LogP contribution is -2.36.